The third kappa shape index (κ3) is 3.69. The van der Waals surface area contributed by atoms with Crippen molar-refractivity contribution in [3.05, 3.63) is 99.8 Å². The Labute approximate surface area is 179 Å². The Morgan fingerprint density at radius 1 is 0.968 bits per heavy atom. The van der Waals surface area contributed by atoms with Crippen LogP contribution in [0.2, 0.25) is 0 Å². The lowest BCUT2D eigenvalue weighted by Crippen LogP contribution is -2.25. The number of hydrogen-bond acceptors (Lipinski definition) is 5. The van der Waals surface area contributed by atoms with Crippen molar-refractivity contribution in [2.24, 2.45) is 10.2 Å². The van der Waals surface area contributed by atoms with E-state index in [2.05, 4.69) is 10.2 Å². The van der Waals surface area contributed by atoms with E-state index in [-0.39, 0.29) is 17.1 Å². The van der Waals surface area contributed by atoms with E-state index in [4.69, 9.17) is 0 Å². The van der Waals surface area contributed by atoms with E-state index < -0.39 is 11.6 Å². The van der Waals surface area contributed by atoms with Gasteiger partial charge in [-0.2, -0.15) is 10.4 Å². The van der Waals surface area contributed by atoms with Crippen LogP contribution in [0.15, 0.2) is 87.8 Å². The highest BCUT2D eigenvalue weighted by Gasteiger charge is 2.23. The van der Waals surface area contributed by atoms with Crippen molar-refractivity contribution < 1.29 is 5.11 Å². The number of aromatic nitrogens is 1. The second kappa shape index (κ2) is 8.25. The molecular formula is C25H20N4O2. The molecule has 6 heteroatoms. The number of azo groups is 1. The molecule has 1 unspecified atom stereocenters. The van der Waals surface area contributed by atoms with E-state index in [0.29, 0.717) is 11.3 Å². The number of nitrogens with zero attached hydrogens (tertiary/aromatic N) is 4. The Kier molecular flexibility index (Phi) is 5.33. The van der Waals surface area contributed by atoms with E-state index >= 15 is 0 Å². The van der Waals surface area contributed by atoms with Gasteiger partial charge in [-0.25, -0.2) is 0 Å². The summed E-state index contributed by atoms with van der Waals surface area (Å²) in [7, 11) is 0. The molecule has 3 aromatic carbocycles. The molecule has 0 spiro atoms. The fraction of sp³-hybridized carbons (Fsp3) is 0.120. The van der Waals surface area contributed by atoms with Gasteiger partial charge in [-0.1, -0.05) is 60.7 Å². The summed E-state index contributed by atoms with van der Waals surface area (Å²) in [5.41, 5.74) is 1.25. The summed E-state index contributed by atoms with van der Waals surface area (Å²) in [5.74, 6) is -0.369. The molecule has 0 amide bonds. The van der Waals surface area contributed by atoms with Crippen LogP contribution in [0, 0.1) is 18.3 Å². The quantitative estimate of drug-likeness (QED) is 0.425. The summed E-state index contributed by atoms with van der Waals surface area (Å²) in [6.07, 6.45) is 0. The Balaban J connectivity index is 1.84. The molecule has 0 saturated heterocycles. The highest BCUT2D eigenvalue weighted by molar-refractivity contribution is 5.85. The fourth-order valence-electron chi connectivity index (χ4n) is 3.62. The molecule has 0 aliphatic rings. The maximum Gasteiger partial charge on any atom is 0.282 e. The molecule has 0 radical (unpaired) electrons. The van der Waals surface area contributed by atoms with Crippen LogP contribution in [0.5, 0.6) is 5.88 Å². The van der Waals surface area contributed by atoms with Crippen molar-refractivity contribution in [2.75, 3.05) is 0 Å². The van der Waals surface area contributed by atoms with E-state index in [1.807, 2.05) is 78.9 Å². The Morgan fingerprint density at radius 3 is 2.35 bits per heavy atom. The molecule has 152 valence electrons. The molecule has 31 heavy (non-hydrogen) atoms. The van der Waals surface area contributed by atoms with E-state index in [0.717, 1.165) is 16.3 Å². The first-order valence-corrected chi connectivity index (χ1v) is 9.85. The van der Waals surface area contributed by atoms with Gasteiger partial charge in [-0.3, -0.25) is 9.36 Å². The molecule has 0 fully saturated rings. The molecule has 1 aromatic heterocycles. The summed E-state index contributed by atoms with van der Waals surface area (Å²) >= 11 is 0. The van der Waals surface area contributed by atoms with Gasteiger partial charge in [0.05, 0.1) is 11.7 Å². The Hall–Kier alpha value is -4.24. The van der Waals surface area contributed by atoms with Crippen LogP contribution in [-0.2, 0) is 0 Å². The number of fused-ring (bicyclic) bond motifs is 1. The van der Waals surface area contributed by atoms with Crippen molar-refractivity contribution in [3.63, 3.8) is 0 Å². The molecule has 1 heterocycles. The van der Waals surface area contributed by atoms with Crippen molar-refractivity contribution in [3.8, 4) is 11.9 Å². The van der Waals surface area contributed by atoms with Gasteiger partial charge in [0.2, 0.25) is 5.88 Å². The summed E-state index contributed by atoms with van der Waals surface area (Å²) in [6, 6.07) is 24.3. The summed E-state index contributed by atoms with van der Waals surface area (Å²) in [4.78, 5) is 13.3. The van der Waals surface area contributed by atoms with E-state index in [9.17, 15) is 15.2 Å². The molecule has 0 aliphatic carbocycles. The van der Waals surface area contributed by atoms with Gasteiger partial charge < -0.3 is 5.11 Å². The highest BCUT2D eigenvalue weighted by Crippen LogP contribution is 2.31. The summed E-state index contributed by atoms with van der Waals surface area (Å²) in [5, 5.41) is 30.8. The molecule has 4 rings (SSSR count). The largest absolute Gasteiger partial charge is 0.493 e. The lowest BCUT2D eigenvalue weighted by Gasteiger charge is -2.19. The average Bonchev–Trinajstić information content (AvgIpc) is 2.79. The Morgan fingerprint density at radius 2 is 1.65 bits per heavy atom. The molecular weight excluding hydrogens is 388 g/mol. The number of pyridine rings is 1. The SMILES string of the molecule is Cc1c(C#N)c(O)n(C(C)c2ccccc2)c(=O)c1N=Nc1ccc2ccccc2c1. The van der Waals surface area contributed by atoms with Gasteiger partial charge in [0.1, 0.15) is 11.6 Å². The van der Waals surface area contributed by atoms with Crippen LogP contribution < -0.4 is 5.56 Å². The first-order valence-electron chi connectivity index (χ1n) is 9.85. The molecule has 6 nitrogen and oxygen atoms in total. The van der Waals surface area contributed by atoms with Crippen molar-refractivity contribution in [1.82, 2.24) is 4.57 Å². The van der Waals surface area contributed by atoms with Crippen LogP contribution in [0.1, 0.15) is 29.7 Å². The number of rotatable bonds is 4. The second-order valence-electron chi connectivity index (χ2n) is 7.28. The minimum absolute atomic E-state index is 0.00911. The molecule has 0 bridgehead atoms. The lowest BCUT2D eigenvalue weighted by atomic mass is 10.1. The maximum absolute atomic E-state index is 13.3. The third-order valence-corrected chi connectivity index (χ3v) is 5.38. The summed E-state index contributed by atoms with van der Waals surface area (Å²) in [6.45, 7) is 3.38. The standard InChI is InChI=1S/C25H20N4O2/c1-16-22(15-26)24(30)29(17(2)18-8-4-3-5-9-18)25(31)23(16)28-27-21-13-12-19-10-6-7-11-20(19)14-21/h3-14,17,30H,1-2H3. The zero-order valence-corrected chi connectivity index (χ0v) is 17.1. The highest BCUT2D eigenvalue weighted by atomic mass is 16.3. The van der Waals surface area contributed by atoms with Crippen LogP contribution in [-0.4, -0.2) is 9.67 Å². The zero-order chi connectivity index (χ0) is 22.0. The zero-order valence-electron chi connectivity index (χ0n) is 17.1. The average molecular weight is 408 g/mol. The van der Waals surface area contributed by atoms with Gasteiger partial charge >= 0.3 is 0 Å². The van der Waals surface area contributed by atoms with E-state index in [1.165, 1.54) is 4.57 Å². The first kappa shape index (κ1) is 20.0. The molecule has 0 saturated carbocycles. The smallest absolute Gasteiger partial charge is 0.282 e. The minimum Gasteiger partial charge on any atom is -0.493 e. The molecule has 1 N–H and O–H groups in total. The van der Waals surface area contributed by atoms with Gasteiger partial charge in [0.15, 0.2) is 5.69 Å². The second-order valence-corrected chi connectivity index (χ2v) is 7.28. The minimum atomic E-state index is -0.505. The van der Waals surface area contributed by atoms with Crippen LogP contribution in [0.3, 0.4) is 0 Å². The number of hydrogen-bond donors (Lipinski definition) is 1. The molecule has 0 aliphatic heterocycles. The first-order chi connectivity index (χ1) is 15.0. The topological polar surface area (TPSA) is 90.7 Å². The van der Waals surface area contributed by atoms with Gasteiger partial charge in [-0.05, 0) is 42.3 Å². The van der Waals surface area contributed by atoms with Gasteiger partial charge in [0, 0.05) is 5.56 Å². The van der Waals surface area contributed by atoms with Crippen LogP contribution >= 0.6 is 0 Å². The maximum atomic E-state index is 13.3. The molecule has 1 atom stereocenters. The predicted molar refractivity (Wildman–Crippen MR) is 120 cm³/mol. The van der Waals surface area contributed by atoms with Gasteiger partial charge in [-0.15, -0.1) is 5.11 Å². The predicted octanol–water partition coefficient (Wildman–Crippen LogP) is 5.91. The fourth-order valence-corrected chi connectivity index (χ4v) is 3.62. The Bertz CT molecular complexity index is 1400. The van der Waals surface area contributed by atoms with Crippen molar-refractivity contribution >= 4 is 22.1 Å². The van der Waals surface area contributed by atoms with Gasteiger partial charge in [0.25, 0.3) is 5.56 Å². The summed E-state index contributed by atoms with van der Waals surface area (Å²) < 4.78 is 1.19. The normalized spacial score (nSPS) is 12.2. The number of nitriles is 1. The van der Waals surface area contributed by atoms with Crippen LogP contribution in [0.4, 0.5) is 11.4 Å². The third-order valence-electron chi connectivity index (χ3n) is 5.38. The molecule has 4 aromatic rings. The van der Waals surface area contributed by atoms with Crippen molar-refractivity contribution in [2.45, 2.75) is 19.9 Å². The number of benzene rings is 3. The number of aromatic hydroxyl groups is 1. The van der Waals surface area contributed by atoms with E-state index in [1.54, 1.807) is 13.8 Å². The van der Waals surface area contributed by atoms with Crippen molar-refractivity contribution in [1.29, 1.82) is 5.26 Å². The monoisotopic (exact) mass is 408 g/mol. The lowest BCUT2D eigenvalue weighted by molar-refractivity contribution is 0.393. The van der Waals surface area contributed by atoms with Crippen LogP contribution in [0.25, 0.3) is 10.8 Å².